The van der Waals surface area contributed by atoms with Gasteiger partial charge in [-0.15, -0.1) is 0 Å². The summed E-state index contributed by atoms with van der Waals surface area (Å²) in [6.45, 7) is 5.63. The number of carbonyl (C=O) groups excluding carboxylic acids is 1. The van der Waals surface area contributed by atoms with Crippen molar-refractivity contribution in [3.8, 4) is 0 Å². The second-order valence-corrected chi connectivity index (χ2v) is 8.48. The maximum absolute atomic E-state index is 12.7. The number of benzene rings is 1. The van der Waals surface area contributed by atoms with Crippen molar-refractivity contribution in [1.29, 1.82) is 0 Å². The number of pyridine rings is 1. The number of guanidine groups is 1. The number of nitrogens with zero attached hydrogens (tertiary/aromatic N) is 5. The number of hydrogen-bond acceptors (Lipinski definition) is 4. The highest BCUT2D eigenvalue weighted by atomic mass is 16.2. The number of piperidine rings is 1. The molecule has 0 atom stereocenters. The molecule has 2 fully saturated rings. The molecule has 1 amide bonds. The molecule has 33 heavy (non-hydrogen) atoms. The second kappa shape index (κ2) is 11.5. The zero-order chi connectivity index (χ0) is 22.9. The maximum Gasteiger partial charge on any atom is 0.224 e. The Kier molecular flexibility index (Phi) is 7.95. The highest BCUT2D eigenvalue weighted by molar-refractivity contribution is 5.81. The lowest BCUT2D eigenvalue weighted by Gasteiger charge is -2.35. The number of piperazine rings is 1. The summed E-state index contributed by atoms with van der Waals surface area (Å²) in [7, 11) is 1.82. The molecule has 1 aromatic carbocycles. The number of nitrogens with one attached hydrogen (secondary N) is 1. The van der Waals surface area contributed by atoms with Gasteiger partial charge in [-0.2, -0.15) is 0 Å². The van der Waals surface area contributed by atoms with Gasteiger partial charge < -0.3 is 20.0 Å². The molecule has 2 aromatic rings. The van der Waals surface area contributed by atoms with E-state index in [0.717, 1.165) is 63.9 Å². The van der Waals surface area contributed by atoms with E-state index in [4.69, 9.17) is 0 Å². The van der Waals surface area contributed by atoms with E-state index in [1.807, 2.05) is 42.4 Å². The molecular weight excluding hydrogens is 412 g/mol. The monoisotopic (exact) mass is 446 g/mol. The first-order valence-corrected chi connectivity index (χ1v) is 11.9. The molecule has 0 aliphatic carbocycles. The first-order chi connectivity index (χ1) is 16.2. The number of carbonyl (C=O) groups is 1. The van der Waals surface area contributed by atoms with Crippen LogP contribution in [0.1, 0.15) is 24.8 Å². The van der Waals surface area contributed by atoms with Gasteiger partial charge in [-0.1, -0.05) is 48.0 Å². The van der Waals surface area contributed by atoms with E-state index in [9.17, 15) is 4.79 Å². The minimum Gasteiger partial charge on any atom is -0.356 e. The third kappa shape index (κ3) is 6.34. The van der Waals surface area contributed by atoms with Crippen LogP contribution in [-0.4, -0.2) is 79.5 Å². The summed E-state index contributed by atoms with van der Waals surface area (Å²) in [5.41, 5.74) is 2.75. The summed E-state index contributed by atoms with van der Waals surface area (Å²) in [4.78, 5) is 28.0. The standard InChI is InChI=1S/C26H34N6O/c1-27-26(32-15-11-23(12-16-32)21-22-7-3-2-4-8-22)29-14-10-25(33)31-19-17-30(18-20-31)24-9-5-6-13-28-24/h2-9,13,21H,10-12,14-20H2,1H3,(H,27,29). The molecule has 7 heteroatoms. The number of rotatable bonds is 5. The van der Waals surface area contributed by atoms with E-state index in [0.29, 0.717) is 13.0 Å². The average molecular weight is 447 g/mol. The van der Waals surface area contributed by atoms with Crippen molar-refractivity contribution in [2.24, 2.45) is 4.99 Å². The van der Waals surface area contributed by atoms with Gasteiger partial charge in [0.2, 0.25) is 5.91 Å². The third-order valence-electron chi connectivity index (χ3n) is 6.32. The van der Waals surface area contributed by atoms with Crippen molar-refractivity contribution in [2.75, 3.05) is 57.8 Å². The predicted molar refractivity (Wildman–Crippen MR) is 134 cm³/mol. The largest absolute Gasteiger partial charge is 0.356 e. The van der Waals surface area contributed by atoms with Gasteiger partial charge in [-0.25, -0.2) is 4.98 Å². The van der Waals surface area contributed by atoms with Gasteiger partial charge in [-0.05, 0) is 30.5 Å². The van der Waals surface area contributed by atoms with E-state index in [2.05, 4.69) is 55.4 Å². The van der Waals surface area contributed by atoms with Crippen molar-refractivity contribution in [2.45, 2.75) is 19.3 Å². The summed E-state index contributed by atoms with van der Waals surface area (Å²) < 4.78 is 0. The molecule has 0 saturated carbocycles. The number of aromatic nitrogens is 1. The van der Waals surface area contributed by atoms with E-state index in [1.54, 1.807) is 0 Å². The zero-order valence-corrected chi connectivity index (χ0v) is 19.5. The summed E-state index contributed by atoms with van der Waals surface area (Å²) in [6, 6.07) is 16.4. The topological polar surface area (TPSA) is 64.1 Å². The van der Waals surface area contributed by atoms with Crippen LogP contribution >= 0.6 is 0 Å². The Labute approximate surface area is 196 Å². The van der Waals surface area contributed by atoms with E-state index >= 15 is 0 Å². The minimum absolute atomic E-state index is 0.199. The van der Waals surface area contributed by atoms with Gasteiger partial charge in [0.15, 0.2) is 5.96 Å². The fraction of sp³-hybridized carbons (Fsp3) is 0.423. The third-order valence-corrected chi connectivity index (χ3v) is 6.32. The highest BCUT2D eigenvalue weighted by Gasteiger charge is 2.22. The van der Waals surface area contributed by atoms with Crippen LogP contribution in [0.3, 0.4) is 0 Å². The number of likely N-dealkylation sites (tertiary alicyclic amines) is 1. The Bertz CT molecular complexity index is 941. The van der Waals surface area contributed by atoms with E-state index in [-0.39, 0.29) is 5.91 Å². The Morgan fingerprint density at radius 1 is 0.970 bits per heavy atom. The normalized spacial score (nSPS) is 17.2. The Morgan fingerprint density at radius 3 is 2.36 bits per heavy atom. The molecule has 3 heterocycles. The molecule has 2 aliphatic rings. The van der Waals surface area contributed by atoms with Crippen molar-refractivity contribution < 1.29 is 4.79 Å². The number of hydrogen-bond donors (Lipinski definition) is 1. The lowest BCUT2D eigenvalue weighted by atomic mass is 10.0. The van der Waals surface area contributed by atoms with Gasteiger partial charge in [-0.3, -0.25) is 9.79 Å². The van der Waals surface area contributed by atoms with Crippen LogP contribution in [0.4, 0.5) is 5.82 Å². The molecule has 174 valence electrons. The summed E-state index contributed by atoms with van der Waals surface area (Å²) in [5.74, 6) is 2.07. The molecular formula is C26H34N6O. The quantitative estimate of drug-likeness (QED) is 0.565. The number of anilines is 1. The first kappa shape index (κ1) is 22.8. The minimum atomic E-state index is 0.199. The van der Waals surface area contributed by atoms with Crippen LogP contribution in [0.25, 0.3) is 6.08 Å². The fourth-order valence-corrected chi connectivity index (χ4v) is 4.43. The number of aliphatic imine (C=N–C) groups is 1. The molecule has 7 nitrogen and oxygen atoms in total. The van der Waals surface area contributed by atoms with Gasteiger partial charge in [0, 0.05) is 65.5 Å². The Hall–Kier alpha value is -3.35. The average Bonchev–Trinajstić information content (AvgIpc) is 2.88. The van der Waals surface area contributed by atoms with Crippen LogP contribution in [0, 0.1) is 0 Å². The van der Waals surface area contributed by atoms with Crippen LogP contribution < -0.4 is 10.2 Å². The van der Waals surface area contributed by atoms with E-state index in [1.165, 1.54) is 11.1 Å². The Morgan fingerprint density at radius 2 is 1.70 bits per heavy atom. The van der Waals surface area contributed by atoms with Crippen LogP contribution in [0.5, 0.6) is 0 Å². The van der Waals surface area contributed by atoms with Crippen LogP contribution in [0.2, 0.25) is 0 Å². The predicted octanol–water partition coefficient (Wildman–Crippen LogP) is 2.88. The molecule has 2 saturated heterocycles. The van der Waals surface area contributed by atoms with Gasteiger partial charge >= 0.3 is 0 Å². The zero-order valence-electron chi connectivity index (χ0n) is 19.5. The molecule has 1 N–H and O–H groups in total. The lowest BCUT2D eigenvalue weighted by Crippen LogP contribution is -2.50. The molecule has 0 radical (unpaired) electrons. The van der Waals surface area contributed by atoms with Crippen LogP contribution in [0.15, 0.2) is 65.3 Å². The Balaban J connectivity index is 1.18. The highest BCUT2D eigenvalue weighted by Crippen LogP contribution is 2.19. The van der Waals surface area contributed by atoms with Crippen molar-refractivity contribution in [1.82, 2.24) is 20.1 Å². The summed E-state index contributed by atoms with van der Waals surface area (Å²) in [5, 5.41) is 3.40. The summed E-state index contributed by atoms with van der Waals surface area (Å²) in [6.07, 6.45) is 6.67. The molecule has 0 bridgehead atoms. The summed E-state index contributed by atoms with van der Waals surface area (Å²) >= 11 is 0. The second-order valence-electron chi connectivity index (χ2n) is 8.48. The fourth-order valence-electron chi connectivity index (χ4n) is 4.43. The maximum atomic E-state index is 12.7. The van der Waals surface area contributed by atoms with E-state index < -0.39 is 0 Å². The molecule has 2 aliphatic heterocycles. The van der Waals surface area contributed by atoms with Crippen molar-refractivity contribution in [3.05, 3.63) is 65.9 Å². The van der Waals surface area contributed by atoms with Crippen molar-refractivity contribution in [3.63, 3.8) is 0 Å². The number of amides is 1. The first-order valence-electron chi connectivity index (χ1n) is 11.9. The molecule has 1 aromatic heterocycles. The van der Waals surface area contributed by atoms with Gasteiger partial charge in [0.25, 0.3) is 0 Å². The van der Waals surface area contributed by atoms with Crippen LogP contribution in [-0.2, 0) is 4.79 Å². The lowest BCUT2D eigenvalue weighted by molar-refractivity contribution is -0.131. The molecule has 4 rings (SSSR count). The molecule has 0 spiro atoms. The van der Waals surface area contributed by atoms with Gasteiger partial charge in [0.1, 0.15) is 5.82 Å². The smallest absolute Gasteiger partial charge is 0.224 e. The van der Waals surface area contributed by atoms with Crippen molar-refractivity contribution >= 4 is 23.8 Å². The van der Waals surface area contributed by atoms with Gasteiger partial charge in [0.05, 0.1) is 0 Å². The SMILES string of the molecule is CN=C(NCCC(=O)N1CCN(c2ccccn2)CC1)N1CCC(=Cc2ccccc2)CC1. The molecule has 0 unspecified atom stereocenters.